The summed E-state index contributed by atoms with van der Waals surface area (Å²) in [7, 11) is 4.08. The topological polar surface area (TPSA) is 32.7 Å². The molecule has 0 aliphatic carbocycles. The number of allylic oxidation sites excluding steroid dienone is 1. The molecule has 0 aromatic heterocycles. The van der Waals surface area contributed by atoms with Crippen molar-refractivity contribution in [2.45, 2.75) is 13.3 Å². The third kappa shape index (κ3) is 5.49. The van der Waals surface area contributed by atoms with E-state index in [9.17, 15) is 5.11 Å². The Hall–Kier alpha value is -3.04. The molecule has 0 aliphatic heterocycles. The maximum absolute atomic E-state index is 10.00. The molecule has 3 rings (SSSR count). The molecule has 3 nitrogen and oxygen atoms in total. The van der Waals surface area contributed by atoms with Crippen molar-refractivity contribution in [2.75, 3.05) is 27.2 Å². The fraction of sp³-hybridized carbons (Fsp3) is 0.231. The van der Waals surface area contributed by atoms with Gasteiger partial charge in [-0.15, -0.1) is 0 Å². The Morgan fingerprint density at radius 1 is 0.828 bits per heavy atom. The monoisotopic (exact) mass is 387 g/mol. The van der Waals surface area contributed by atoms with Gasteiger partial charge in [-0.1, -0.05) is 61.5 Å². The quantitative estimate of drug-likeness (QED) is 0.503. The van der Waals surface area contributed by atoms with Crippen LogP contribution in [0.2, 0.25) is 0 Å². The van der Waals surface area contributed by atoms with E-state index >= 15 is 0 Å². The molecule has 1 N–H and O–H groups in total. The summed E-state index contributed by atoms with van der Waals surface area (Å²) in [5.74, 6) is 1.16. The van der Waals surface area contributed by atoms with E-state index in [2.05, 4.69) is 54.3 Å². The van der Waals surface area contributed by atoms with Crippen LogP contribution < -0.4 is 4.74 Å². The number of benzene rings is 3. The molecule has 0 unspecified atom stereocenters. The van der Waals surface area contributed by atoms with Crippen LogP contribution in [0.5, 0.6) is 11.5 Å². The number of phenolic OH excluding ortho intramolecular Hbond substituents is 1. The zero-order valence-electron chi connectivity index (χ0n) is 17.4. The summed E-state index contributed by atoms with van der Waals surface area (Å²) in [6.45, 7) is 3.70. The first-order chi connectivity index (χ1) is 14.1. The first-order valence-electron chi connectivity index (χ1n) is 10.0. The van der Waals surface area contributed by atoms with Crippen molar-refractivity contribution in [1.29, 1.82) is 0 Å². The third-order valence-electron chi connectivity index (χ3n) is 4.86. The maximum atomic E-state index is 10.00. The van der Waals surface area contributed by atoms with Gasteiger partial charge in [0.05, 0.1) is 0 Å². The zero-order chi connectivity index (χ0) is 20.6. The van der Waals surface area contributed by atoms with Gasteiger partial charge in [0.2, 0.25) is 0 Å². The number of rotatable bonds is 8. The molecule has 0 bridgehead atoms. The van der Waals surface area contributed by atoms with E-state index in [1.54, 1.807) is 6.07 Å². The lowest BCUT2D eigenvalue weighted by molar-refractivity contribution is 0.261. The highest BCUT2D eigenvalue weighted by molar-refractivity contribution is 5.98. The normalized spacial score (nSPS) is 12.0. The minimum atomic E-state index is 0.283. The van der Waals surface area contributed by atoms with Crippen LogP contribution in [0.4, 0.5) is 0 Å². The predicted molar refractivity (Wildman–Crippen MR) is 121 cm³/mol. The number of phenols is 1. The Bertz CT molecular complexity index is 944. The van der Waals surface area contributed by atoms with Gasteiger partial charge in [-0.05, 0) is 72.6 Å². The first kappa shape index (κ1) is 20.7. The molecule has 3 aromatic rings. The van der Waals surface area contributed by atoms with Crippen molar-refractivity contribution in [2.24, 2.45) is 0 Å². The molecular weight excluding hydrogens is 358 g/mol. The van der Waals surface area contributed by atoms with Crippen LogP contribution in [-0.2, 0) is 0 Å². The summed E-state index contributed by atoms with van der Waals surface area (Å²) in [6.07, 6.45) is 0.856. The Labute approximate surface area is 173 Å². The summed E-state index contributed by atoms with van der Waals surface area (Å²) < 4.78 is 5.85. The van der Waals surface area contributed by atoms with Gasteiger partial charge in [0.1, 0.15) is 18.1 Å². The number of nitrogens with zero attached hydrogens (tertiary/aromatic N) is 1. The van der Waals surface area contributed by atoms with Crippen molar-refractivity contribution >= 4 is 11.1 Å². The maximum Gasteiger partial charge on any atom is 0.119 e. The highest BCUT2D eigenvalue weighted by Crippen LogP contribution is 2.35. The summed E-state index contributed by atoms with van der Waals surface area (Å²) in [5, 5.41) is 10.00. The van der Waals surface area contributed by atoms with E-state index in [0.29, 0.717) is 6.61 Å². The standard InChI is InChI=1S/C26H29NO2/c1-4-25(22-11-8-12-23(28)19-22)26(20-9-6-5-7-10-20)21-13-15-24(16-14-21)29-18-17-27(2)3/h5-16,19,28H,4,17-18H2,1-3H3/b26-25-. The lowest BCUT2D eigenvalue weighted by Gasteiger charge is -2.17. The number of aromatic hydroxyl groups is 1. The Balaban J connectivity index is 2.03. The molecule has 150 valence electrons. The highest BCUT2D eigenvalue weighted by Gasteiger charge is 2.13. The summed E-state index contributed by atoms with van der Waals surface area (Å²) >= 11 is 0. The van der Waals surface area contributed by atoms with Gasteiger partial charge in [-0.2, -0.15) is 0 Å². The first-order valence-corrected chi connectivity index (χ1v) is 10.0. The van der Waals surface area contributed by atoms with Crippen LogP contribution in [0.25, 0.3) is 11.1 Å². The van der Waals surface area contributed by atoms with E-state index in [4.69, 9.17) is 4.74 Å². The fourth-order valence-electron chi connectivity index (χ4n) is 3.40. The Kier molecular flexibility index (Phi) is 7.09. The second-order valence-electron chi connectivity index (χ2n) is 7.30. The van der Waals surface area contributed by atoms with Crippen molar-refractivity contribution in [3.8, 4) is 11.5 Å². The minimum Gasteiger partial charge on any atom is -0.508 e. The molecule has 0 saturated heterocycles. The molecule has 0 spiro atoms. The molecule has 0 radical (unpaired) electrons. The Morgan fingerprint density at radius 3 is 2.10 bits per heavy atom. The van der Waals surface area contributed by atoms with E-state index in [1.165, 1.54) is 11.1 Å². The molecule has 0 atom stereocenters. The van der Waals surface area contributed by atoms with E-state index < -0.39 is 0 Å². The van der Waals surface area contributed by atoms with Gasteiger partial charge in [0.15, 0.2) is 0 Å². The SMILES string of the molecule is CC/C(=C(\c1ccccc1)c1ccc(OCCN(C)C)cc1)c1cccc(O)c1. The zero-order valence-corrected chi connectivity index (χ0v) is 17.4. The molecule has 0 saturated carbocycles. The van der Waals surface area contributed by atoms with Crippen LogP contribution in [0.1, 0.15) is 30.0 Å². The van der Waals surface area contributed by atoms with Gasteiger partial charge in [0.25, 0.3) is 0 Å². The largest absolute Gasteiger partial charge is 0.508 e. The van der Waals surface area contributed by atoms with E-state index in [0.717, 1.165) is 35.4 Å². The molecule has 0 amide bonds. The average Bonchev–Trinajstić information content (AvgIpc) is 2.73. The fourth-order valence-corrected chi connectivity index (χ4v) is 3.40. The average molecular weight is 388 g/mol. The number of hydrogen-bond donors (Lipinski definition) is 1. The number of likely N-dealkylation sites (N-methyl/N-ethyl adjacent to an activating group) is 1. The van der Waals surface area contributed by atoms with Gasteiger partial charge in [0, 0.05) is 6.54 Å². The molecule has 0 heterocycles. The number of ether oxygens (including phenoxy) is 1. The molecule has 29 heavy (non-hydrogen) atoms. The molecule has 0 fully saturated rings. The van der Waals surface area contributed by atoms with E-state index in [1.807, 2.05) is 44.4 Å². The van der Waals surface area contributed by atoms with Gasteiger partial charge >= 0.3 is 0 Å². The highest BCUT2D eigenvalue weighted by atomic mass is 16.5. The number of hydrogen-bond acceptors (Lipinski definition) is 3. The van der Waals surface area contributed by atoms with Gasteiger partial charge in [-0.3, -0.25) is 0 Å². The predicted octanol–water partition coefficient (Wildman–Crippen LogP) is 5.70. The molecule has 3 aromatic carbocycles. The van der Waals surface area contributed by atoms with Crippen molar-refractivity contribution in [3.05, 3.63) is 95.6 Å². The lowest BCUT2D eigenvalue weighted by atomic mass is 9.88. The Morgan fingerprint density at radius 2 is 1.48 bits per heavy atom. The van der Waals surface area contributed by atoms with Crippen LogP contribution >= 0.6 is 0 Å². The summed E-state index contributed by atoms with van der Waals surface area (Å²) in [4.78, 5) is 2.10. The smallest absolute Gasteiger partial charge is 0.119 e. The lowest BCUT2D eigenvalue weighted by Crippen LogP contribution is -2.19. The minimum absolute atomic E-state index is 0.283. The molecule has 3 heteroatoms. The van der Waals surface area contributed by atoms with E-state index in [-0.39, 0.29) is 5.75 Å². The van der Waals surface area contributed by atoms with Gasteiger partial charge in [-0.25, -0.2) is 0 Å². The van der Waals surface area contributed by atoms with Crippen LogP contribution in [0.3, 0.4) is 0 Å². The third-order valence-corrected chi connectivity index (χ3v) is 4.86. The van der Waals surface area contributed by atoms with Crippen LogP contribution in [-0.4, -0.2) is 37.3 Å². The van der Waals surface area contributed by atoms with Gasteiger partial charge < -0.3 is 14.7 Å². The molecule has 0 aliphatic rings. The summed E-state index contributed by atoms with van der Waals surface area (Å²) in [5.41, 5.74) is 5.72. The van der Waals surface area contributed by atoms with Crippen LogP contribution in [0.15, 0.2) is 78.9 Å². The van der Waals surface area contributed by atoms with Crippen molar-refractivity contribution in [1.82, 2.24) is 4.90 Å². The second-order valence-corrected chi connectivity index (χ2v) is 7.30. The van der Waals surface area contributed by atoms with Crippen molar-refractivity contribution in [3.63, 3.8) is 0 Å². The second kappa shape index (κ2) is 9.94. The van der Waals surface area contributed by atoms with Crippen molar-refractivity contribution < 1.29 is 9.84 Å². The molecular formula is C26H29NO2. The van der Waals surface area contributed by atoms with Crippen LogP contribution in [0, 0.1) is 0 Å². The summed E-state index contributed by atoms with van der Waals surface area (Å²) in [6, 6.07) is 26.2.